The van der Waals surface area contributed by atoms with E-state index in [9.17, 15) is 13.6 Å². The SMILES string of the molecule is COC1C=CC(c2cnc3c(Nc4ccc(C(=O)NCC5CCNCC5)c(Cl)c4)nccn23)=C(F)C1F. The monoisotopic (exact) mass is 528 g/mol. The van der Waals surface area contributed by atoms with Crippen LogP contribution < -0.4 is 16.0 Å². The Balaban J connectivity index is 1.33. The van der Waals surface area contributed by atoms with Crippen molar-refractivity contribution < 1.29 is 18.3 Å². The lowest BCUT2D eigenvalue weighted by molar-refractivity contribution is 0.0715. The van der Waals surface area contributed by atoms with Crippen molar-refractivity contribution >= 4 is 40.2 Å². The Kier molecular flexibility index (Phi) is 7.50. The summed E-state index contributed by atoms with van der Waals surface area (Å²) < 4.78 is 35.8. The predicted octanol–water partition coefficient (Wildman–Crippen LogP) is 4.46. The van der Waals surface area contributed by atoms with Gasteiger partial charge in [0.15, 0.2) is 17.6 Å². The molecule has 5 rings (SSSR count). The van der Waals surface area contributed by atoms with Crippen molar-refractivity contribution in [2.24, 2.45) is 5.92 Å². The number of carbonyl (C=O) groups excluding carboxylic acids is 1. The van der Waals surface area contributed by atoms with Crippen molar-refractivity contribution in [1.82, 2.24) is 25.0 Å². The number of imidazole rings is 1. The van der Waals surface area contributed by atoms with Gasteiger partial charge < -0.3 is 20.7 Å². The summed E-state index contributed by atoms with van der Waals surface area (Å²) >= 11 is 6.44. The van der Waals surface area contributed by atoms with Gasteiger partial charge in [-0.25, -0.2) is 18.7 Å². The Morgan fingerprint density at radius 3 is 2.86 bits per heavy atom. The second-order valence-electron chi connectivity index (χ2n) is 9.06. The molecule has 2 aromatic heterocycles. The first-order valence-corrected chi connectivity index (χ1v) is 12.5. The Hall–Kier alpha value is -3.34. The van der Waals surface area contributed by atoms with Crippen LogP contribution in [0.5, 0.6) is 0 Å². The molecule has 1 amide bonds. The van der Waals surface area contributed by atoms with Crippen LogP contribution >= 0.6 is 11.6 Å². The predicted molar refractivity (Wildman–Crippen MR) is 139 cm³/mol. The van der Waals surface area contributed by atoms with Crippen molar-refractivity contribution in [2.45, 2.75) is 25.1 Å². The molecule has 8 nitrogen and oxygen atoms in total. The number of rotatable bonds is 7. The molecule has 0 radical (unpaired) electrons. The molecule has 37 heavy (non-hydrogen) atoms. The molecule has 2 aliphatic rings. The van der Waals surface area contributed by atoms with E-state index in [4.69, 9.17) is 16.3 Å². The fourth-order valence-corrected chi connectivity index (χ4v) is 4.87. The smallest absolute Gasteiger partial charge is 0.252 e. The Bertz CT molecular complexity index is 1370. The van der Waals surface area contributed by atoms with Crippen molar-refractivity contribution in [3.63, 3.8) is 0 Å². The number of ether oxygens (including phenoxy) is 1. The molecule has 1 saturated heterocycles. The van der Waals surface area contributed by atoms with Crippen LogP contribution in [0.2, 0.25) is 5.02 Å². The molecule has 0 spiro atoms. The molecule has 0 bridgehead atoms. The van der Waals surface area contributed by atoms with Crippen LogP contribution in [0.1, 0.15) is 28.9 Å². The van der Waals surface area contributed by atoms with Gasteiger partial charge in [-0.2, -0.15) is 0 Å². The number of methoxy groups -OCH3 is 1. The van der Waals surface area contributed by atoms with Gasteiger partial charge in [0, 0.05) is 37.3 Å². The highest BCUT2D eigenvalue weighted by atomic mass is 35.5. The molecule has 11 heteroatoms. The van der Waals surface area contributed by atoms with E-state index in [2.05, 4.69) is 25.9 Å². The van der Waals surface area contributed by atoms with E-state index in [1.165, 1.54) is 31.7 Å². The minimum atomic E-state index is -1.90. The summed E-state index contributed by atoms with van der Waals surface area (Å²) in [5, 5.41) is 9.74. The number of halogens is 3. The van der Waals surface area contributed by atoms with Gasteiger partial charge >= 0.3 is 0 Å². The van der Waals surface area contributed by atoms with Crippen LogP contribution in [-0.4, -0.2) is 59.3 Å². The van der Waals surface area contributed by atoms with Gasteiger partial charge in [-0.15, -0.1) is 0 Å². The molecule has 3 aromatic rings. The Labute approximate surface area is 217 Å². The molecule has 1 aliphatic carbocycles. The van der Waals surface area contributed by atoms with E-state index in [1.807, 2.05) is 0 Å². The average molecular weight is 529 g/mol. The van der Waals surface area contributed by atoms with Gasteiger partial charge in [0.2, 0.25) is 0 Å². The van der Waals surface area contributed by atoms with E-state index in [1.54, 1.807) is 28.8 Å². The number of piperidine rings is 1. The molecular formula is C26H27ClF2N6O2. The minimum Gasteiger partial charge on any atom is -0.374 e. The number of benzene rings is 1. The molecule has 194 valence electrons. The fourth-order valence-electron chi connectivity index (χ4n) is 4.61. The van der Waals surface area contributed by atoms with Gasteiger partial charge in [-0.1, -0.05) is 23.8 Å². The summed E-state index contributed by atoms with van der Waals surface area (Å²) in [5.41, 5.74) is 1.87. The Morgan fingerprint density at radius 1 is 1.30 bits per heavy atom. The molecule has 1 fully saturated rings. The lowest BCUT2D eigenvalue weighted by Crippen LogP contribution is -2.36. The molecule has 3 N–H and O–H groups in total. The summed E-state index contributed by atoms with van der Waals surface area (Å²) in [5.74, 6) is -0.282. The normalized spacial score (nSPS) is 20.4. The van der Waals surface area contributed by atoms with Gasteiger partial charge in [0.1, 0.15) is 11.9 Å². The maximum atomic E-state index is 14.8. The van der Waals surface area contributed by atoms with Crippen LogP contribution in [0.25, 0.3) is 11.2 Å². The third-order valence-corrected chi connectivity index (χ3v) is 7.02. The first-order valence-electron chi connectivity index (χ1n) is 12.1. The number of nitrogens with zero attached hydrogens (tertiary/aromatic N) is 3. The number of hydrogen-bond acceptors (Lipinski definition) is 6. The molecule has 0 saturated carbocycles. The molecule has 1 aliphatic heterocycles. The topological polar surface area (TPSA) is 92.6 Å². The Morgan fingerprint density at radius 2 is 2.11 bits per heavy atom. The zero-order valence-corrected chi connectivity index (χ0v) is 20.9. The number of allylic oxidation sites excluding steroid dienone is 2. The number of hydrogen-bond donors (Lipinski definition) is 3. The summed E-state index contributed by atoms with van der Waals surface area (Å²) in [6.07, 6.45) is 6.79. The van der Waals surface area contributed by atoms with E-state index in [0.717, 1.165) is 25.9 Å². The summed E-state index contributed by atoms with van der Waals surface area (Å²) in [6.45, 7) is 2.55. The van der Waals surface area contributed by atoms with Crippen LogP contribution in [-0.2, 0) is 4.74 Å². The van der Waals surface area contributed by atoms with E-state index in [0.29, 0.717) is 45.9 Å². The van der Waals surface area contributed by atoms with Crippen LogP contribution in [0.15, 0.2) is 54.8 Å². The number of carbonyl (C=O) groups is 1. The minimum absolute atomic E-state index is 0.0911. The number of alkyl halides is 1. The first kappa shape index (κ1) is 25.3. The van der Waals surface area contributed by atoms with Gasteiger partial charge in [0.05, 0.1) is 22.5 Å². The molecule has 3 heterocycles. The van der Waals surface area contributed by atoms with Crippen molar-refractivity contribution in [3.05, 3.63) is 71.0 Å². The lowest BCUT2D eigenvalue weighted by atomic mass is 9.98. The van der Waals surface area contributed by atoms with Crippen molar-refractivity contribution in [3.8, 4) is 0 Å². The van der Waals surface area contributed by atoms with E-state index >= 15 is 0 Å². The van der Waals surface area contributed by atoms with Gasteiger partial charge in [0.25, 0.3) is 5.91 Å². The lowest BCUT2D eigenvalue weighted by Gasteiger charge is -2.22. The maximum Gasteiger partial charge on any atom is 0.252 e. The highest BCUT2D eigenvalue weighted by molar-refractivity contribution is 6.34. The summed E-state index contributed by atoms with van der Waals surface area (Å²) in [7, 11) is 1.33. The first-order chi connectivity index (χ1) is 18.0. The zero-order chi connectivity index (χ0) is 25.9. The highest BCUT2D eigenvalue weighted by Crippen LogP contribution is 2.33. The van der Waals surface area contributed by atoms with Crippen LogP contribution in [0.4, 0.5) is 20.3 Å². The number of aromatic nitrogens is 3. The third-order valence-electron chi connectivity index (χ3n) is 6.70. The van der Waals surface area contributed by atoms with Crippen LogP contribution in [0.3, 0.4) is 0 Å². The van der Waals surface area contributed by atoms with Gasteiger partial charge in [-0.3, -0.25) is 9.20 Å². The number of nitrogens with one attached hydrogen (secondary N) is 3. The summed E-state index contributed by atoms with van der Waals surface area (Å²) in [4.78, 5) is 21.4. The average Bonchev–Trinajstić information content (AvgIpc) is 3.34. The molecule has 2 unspecified atom stereocenters. The van der Waals surface area contributed by atoms with Crippen molar-refractivity contribution in [2.75, 3.05) is 32.1 Å². The van der Waals surface area contributed by atoms with Crippen molar-refractivity contribution in [1.29, 1.82) is 0 Å². The quantitative estimate of drug-likeness (QED) is 0.419. The van der Waals surface area contributed by atoms with Crippen LogP contribution in [0, 0.1) is 5.92 Å². The zero-order valence-electron chi connectivity index (χ0n) is 20.2. The number of amides is 1. The molecular weight excluding hydrogens is 502 g/mol. The van der Waals surface area contributed by atoms with Gasteiger partial charge in [-0.05, 0) is 50.0 Å². The third kappa shape index (κ3) is 5.22. The van der Waals surface area contributed by atoms with E-state index in [-0.39, 0.29) is 11.5 Å². The molecule has 2 atom stereocenters. The number of fused-ring (bicyclic) bond motifs is 1. The maximum absolute atomic E-state index is 14.8. The second-order valence-corrected chi connectivity index (χ2v) is 9.47. The standard InChI is InChI=1S/C26H27ClF2N6O2/c1-37-21-5-4-18(22(28)23(21)29)20-14-32-25-24(31-10-11-35(20)25)34-16-2-3-17(19(27)12-16)26(36)33-13-15-6-8-30-9-7-15/h2-5,10-12,14-15,21,23,30H,6-9,13H2,1H3,(H,31,34)(H,33,36). The number of anilines is 2. The molecule has 1 aromatic carbocycles. The largest absolute Gasteiger partial charge is 0.374 e. The summed E-state index contributed by atoms with van der Waals surface area (Å²) in [6, 6.07) is 5.02. The van der Waals surface area contributed by atoms with E-state index < -0.39 is 18.1 Å². The fraction of sp³-hybridized carbons (Fsp3) is 0.346. The highest BCUT2D eigenvalue weighted by Gasteiger charge is 2.30. The second kappa shape index (κ2) is 11.0.